The predicted octanol–water partition coefficient (Wildman–Crippen LogP) is 2.52. The molecule has 5 nitrogen and oxygen atoms in total. The normalized spacial score (nSPS) is 16.5. The minimum Gasteiger partial charge on any atom is -0.381 e. The molecule has 0 N–H and O–H groups in total. The van der Waals surface area contributed by atoms with E-state index >= 15 is 0 Å². The Bertz CT molecular complexity index is 598. The van der Waals surface area contributed by atoms with Crippen LogP contribution in [0.1, 0.15) is 30.1 Å². The first-order valence-corrected chi connectivity index (χ1v) is 7.31. The summed E-state index contributed by atoms with van der Waals surface area (Å²) in [6.45, 7) is 1.79. The van der Waals surface area contributed by atoms with E-state index in [0.29, 0.717) is 12.1 Å². The van der Waals surface area contributed by atoms with E-state index in [-0.39, 0.29) is 11.7 Å². The van der Waals surface area contributed by atoms with E-state index in [2.05, 4.69) is 31.5 Å². The second-order valence-corrected chi connectivity index (χ2v) is 5.73. The van der Waals surface area contributed by atoms with Gasteiger partial charge in [-0.3, -0.25) is 0 Å². The minimum absolute atomic E-state index is 0.248. The topological polar surface area (TPSA) is 52.8 Å². The van der Waals surface area contributed by atoms with Crippen molar-refractivity contribution >= 4 is 15.9 Å². The molecule has 1 aliphatic rings. The van der Waals surface area contributed by atoms with E-state index < -0.39 is 0 Å². The van der Waals surface area contributed by atoms with Crippen molar-refractivity contribution in [2.24, 2.45) is 0 Å². The Morgan fingerprint density at radius 1 is 1.35 bits per heavy atom. The van der Waals surface area contributed by atoms with Crippen LogP contribution in [-0.2, 0) is 11.3 Å². The first-order valence-electron chi connectivity index (χ1n) is 6.52. The van der Waals surface area contributed by atoms with Crippen LogP contribution in [0.15, 0.2) is 22.7 Å². The molecule has 3 rings (SSSR count). The number of hydrogen-bond acceptors (Lipinski definition) is 4. The number of aromatic nitrogens is 4. The molecular formula is C13H14BrFN4O. The van der Waals surface area contributed by atoms with Gasteiger partial charge in [0.05, 0.1) is 6.54 Å². The van der Waals surface area contributed by atoms with Crippen molar-refractivity contribution in [1.29, 1.82) is 0 Å². The number of ether oxygens (including phenoxy) is 1. The van der Waals surface area contributed by atoms with Gasteiger partial charge in [-0.1, -0.05) is 15.9 Å². The molecule has 0 spiro atoms. The Kier molecular flexibility index (Phi) is 4.07. The maximum Gasteiger partial charge on any atom is 0.154 e. The molecule has 1 aromatic heterocycles. The van der Waals surface area contributed by atoms with Crippen LogP contribution >= 0.6 is 15.9 Å². The number of nitrogens with zero attached hydrogens (tertiary/aromatic N) is 4. The molecule has 1 aliphatic heterocycles. The third-order valence-electron chi connectivity index (χ3n) is 3.47. The highest BCUT2D eigenvalue weighted by atomic mass is 79.9. The molecule has 2 aromatic rings. The Morgan fingerprint density at radius 3 is 2.95 bits per heavy atom. The zero-order valence-corrected chi connectivity index (χ0v) is 12.4. The zero-order valence-electron chi connectivity index (χ0n) is 10.8. The molecule has 1 fully saturated rings. The van der Waals surface area contributed by atoms with E-state index in [9.17, 15) is 4.39 Å². The van der Waals surface area contributed by atoms with Gasteiger partial charge < -0.3 is 4.74 Å². The molecule has 0 unspecified atom stereocenters. The Labute approximate surface area is 124 Å². The number of benzene rings is 1. The standard InChI is InChI=1S/C13H14BrFN4O/c14-11-1-2-12(15)10(7-11)8-19-13(16-17-18-19)9-3-5-20-6-4-9/h1-2,7,9H,3-6,8H2. The lowest BCUT2D eigenvalue weighted by molar-refractivity contribution is 0.0826. The van der Waals surface area contributed by atoms with Crippen molar-refractivity contribution < 1.29 is 9.13 Å². The number of rotatable bonds is 3. The van der Waals surface area contributed by atoms with E-state index in [1.165, 1.54) is 6.07 Å². The first-order chi connectivity index (χ1) is 9.74. The van der Waals surface area contributed by atoms with Gasteiger partial charge in [-0.25, -0.2) is 9.07 Å². The molecule has 20 heavy (non-hydrogen) atoms. The summed E-state index contributed by atoms with van der Waals surface area (Å²) in [5.41, 5.74) is 0.569. The predicted molar refractivity (Wildman–Crippen MR) is 73.8 cm³/mol. The maximum atomic E-state index is 13.8. The summed E-state index contributed by atoms with van der Waals surface area (Å²) in [7, 11) is 0. The minimum atomic E-state index is -0.248. The van der Waals surface area contributed by atoms with Crippen molar-refractivity contribution in [1.82, 2.24) is 20.2 Å². The van der Waals surface area contributed by atoms with Gasteiger partial charge in [0.1, 0.15) is 5.82 Å². The summed E-state index contributed by atoms with van der Waals surface area (Å²) in [4.78, 5) is 0. The van der Waals surface area contributed by atoms with E-state index in [4.69, 9.17) is 4.74 Å². The Balaban J connectivity index is 1.84. The molecule has 0 saturated carbocycles. The monoisotopic (exact) mass is 340 g/mol. The smallest absolute Gasteiger partial charge is 0.154 e. The largest absolute Gasteiger partial charge is 0.381 e. The van der Waals surface area contributed by atoms with Gasteiger partial charge >= 0.3 is 0 Å². The molecule has 0 aliphatic carbocycles. The van der Waals surface area contributed by atoms with Crippen molar-refractivity contribution in [3.05, 3.63) is 39.9 Å². The lowest BCUT2D eigenvalue weighted by atomic mass is 9.99. The van der Waals surface area contributed by atoms with Crippen LogP contribution in [0.2, 0.25) is 0 Å². The van der Waals surface area contributed by atoms with Gasteiger partial charge in [0.15, 0.2) is 5.82 Å². The van der Waals surface area contributed by atoms with Crippen LogP contribution in [0.25, 0.3) is 0 Å². The highest BCUT2D eigenvalue weighted by Gasteiger charge is 2.22. The first kappa shape index (κ1) is 13.6. The van der Waals surface area contributed by atoms with Gasteiger partial charge in [-0.2, -0.15) is 0 Å². The molecule has 0 bridgehead atoms. The van der Waals surface area contributed by atoms with Crippen molar-refractivity contribution in [2.75, 3.05) is 13.2 Å². The van der Waals surface area contributed by atoms with Gasteiger partial charge in [-0.15, -0.1) is 5.10 Å². The van der Waals surface area contributed by atoms with E-state index in [1.807, 2.05) is 0 Å². The van der Waals surface area contributed by atoms with Gasteiger partial charge in [0.25, 0.3) is 0 Å². The van der Waals surface area contributed by atoms with Crippen LogP contribution < -0.4 is 0 Å². The average molecular weight is 341 g/mol. The summed E-state index contributed by atoms with van der Waals surface area (Å²) >= 11 is 3.35. The number of tetrazole rings is 1. The Hall–Kier alpha value is -1.34. The van der Waals surface area contributed by atoms with Crippen LogP contribution in [0.4, 0.5) is 4.39 Å². The van der Waals surface area contributed by atoms with Crippen LogP contribution in [0, 0.1) is 5.82 Å². The molecule has 1 aromatic carbocycles. The van der Waals surface area contributed by atoms with E-state index in [1.54, 1.807) is 16.8 Å². The van der Waals surface area contributed by atoms with Crippen LogP contribution in [-0.4, -0.2) is 33.4 Å². The second-order valence-electron chi connectivity index (χ2n) is 4.82. The van der Waals surface area contributed by atoms with Crippen LogP contribution in [0.3, 0.4) is 0 Å². The lowest BCUT2D eigenvalue weighted by Crippen LogP contribution is -2.19. The fraction of sp³-hybridized carbons (Fsp3) is 0.462. The third-order valence-corrected chi connectivity index (χ3v) is 3.97. The van der Waals surface area contributed by atoms with Crippen LogP contribution in [0.5, 0.6) is 0 Å². The third kappa shape index (κ3) is 2.88. The van der Waals surface area contributed by atoms with Crippen molar-refractivity contribution in [3.63, 3.8) is 0 Å². The molecule has 2 heterocycles. The van der Waals surface area contributed by atoms with E-state index in [0.717, 1.165) is 36.4 Å². The molecule has 106 valence electrons. The summed E-state index contributed by atoms with van der Waals surface area (Å²) in [6.07, 6.45) is 1.81. The second kappa shape index (κ2) is 5.97. The number of hydrogen-bond donors (Lipinski definition) is 0. The fourth-order valence-corrected chi connectivity index (χ4v) is 2.81. The molecule has 0 radical (unpaired) electrons. The Morgan fingerprint density at radius 2 is 2.15 bits per heavy atom. The van der Waals surface area contributed by atoms with Gasteiger partial charge in [-0.05, 0) is 41.5 Å². The summed E-state index contributed by atoms with van der Waals surface area (Å²) < 4.78 is 21.7. The van der Waals surface area contributed by atoms with Gasteiger partial charge in [0, 0.05) is 29.2 Å². The molecule has 0 atom stereocenters. The summed E-state index contributed by atoms with van der Waals surface area (Å²) in [6, 6.07) is 4.88. The summed E-state index contributed by atoms with van der Waals surface area (Å²) in [5.74, 6) is 0.850. The highest BCUT2D eigenvalue weighted by Crippen LogP contribution is 2.25. The highest BCUT2D eigenvalue weighted by molar-refractivity contribution is 9.10. The van der Waals surface area contributed by atoms with Gasteiger partial charge in [0.2, 0.25) is 0 Å². The maximum absolute atomic E-state index is 13.8. The SMILES string of the molecule is Fc1ccc(Br)cc1Cn1nnnc1C1CCOCC1. The van der Waals surface area contributed by atoms with Crippen molar-refractivity contribution in [3.8, 4) is 0 Å². The lowest BCUT2D eigenvalue weighted by Gasteiger charge is -2.21. The fourth-order valence-electron chi connectivity index (χ4n) is 2.40. The quantitative estimate of drug-likeness (QED) is 0.861. The molecule has 7 heteroatoms. The van der Waals surface area contributed by atoms with Crippen molar-refractivity contribution in [2.45, 2.75) is 25.3 Å². The zero-order chi connectivity index (χ0) is 13.9. The molecule has 0 amide bonds. The summed E-state index contributed by atoms with van der Waals surface area (Å²) in [5, 5.41) is 11.8. The average Bonchev–Trinajstić information content (AvgIpc) is 2.92. The molecular weight excluding hydrogens is 327 g/mol. The number of halogens is 2. The molecule has 1 saturated heterocycles.